The molecule has 0 aromatic heterocycles. The van der Waals surface area contributed by atoms with Gasteiger partial charge in [0.2, 0.25) is 0 Å². The van der Waals surface area contributed by atoms with Crippen LogP contribution in [0, 0.1) is 11.3 Å². The van der Waals surface area contributed by atoms with Crippen molar-refractivity contribution < 1.29 is 0 Å². The normalized spacial score (nSPS) is 21.0. The highest BCUT2D eigenvalue weighted by atomic mass is 14.8. The number of rotatable bonds is 4. The van der Waals surface area contributed by atoms with E-state index in [1.807, 2.05) is 6.92 Å². The van der Waals surface area contributed by atoms with Gasteiger partial charge in [-0.3, -0.25) is 4.99 Å². The van der Waals surface area contributed by atoms with E-state index in [4.69, 9.17) is 5.41 Å². The highest BCUT2D eigenvalue weighted by Gasteiger charge is 2.19. The molecule has 0 aliphatic heterocycles. The van der Waals surface area contributed by atoms with Crippen LogP contribution in [0.3, 0.4) is 0 Å². The predicted molar refractivity (Wildman–Crippen MR) is 57.9 cm³/mol. The molecule has 1 N–H and O–H groups in total. The SMILES string of the molecule is CC(=N)/C(C)=N\C(C)CC1CCC1. The summed E-state index contributed by atoms with van der Waals surface area (Å²) < 4.78 is 0. The molecule has 1 fully saturated rings. The molecule has 1 aliphatic carbocycles. The second-order valence-corrected chi connectivity index (χ2v) is 4.22. The van der Waals surface area contributed by atoms with Gasteiger partial charge >= 0.3 is 0 Å². The van der Waals surface area contributed by atoms with Crippen LogP contribution in [0.2, 0.25) is 0 Å². The van der Waals surface area contributed by atoms with Crippen molar-refractivity contribution in [2.75, 3.05) is 0 Å². The van der Waals surface area contributed by atoms with E-state index < -0.39 is 0 Å². The van der Waals surface area contributed by atoms with Crippen LogP contribution in [0.1, 0.15) is 46.5 Å². The fourth-order valence-electron chi connectivity index (χ4n) is 1.69. The lowest BCUT2D eigenvalue weighted by molar-refractivity contribution is 0.281. The molecule has 13 heavy (non-hydrogen) atoms. The molecular formula is C11H20N2. The Kier molecular flexibility index (Phi) is 3.64. The Morgan fingerprint density at radius 1 is 1.46 bits per heavy atom. The molecule has 1 unspecified atom stereocenters. The first-order chi connectivity index (χ1) is 6.09. The lowest BCUT2D eigenvalue weighted by atomic mass is 9.81. The van der Waals surface area contributed by atoms with Gasteiger partial charge in [0.05, 0.1) is 5.71 Å². The largest absolute Gasteiger partial charge is 0.304 e. The first kappa shape index (κ1) is 10.4. The Labute approximate surface area is 81.0 Å². The maximum absolute atomic E-state index is 7.40. The van der Waals surface area contributed by atoms with Gasteiger partial charge in [0.25, 0.3) is 0 Å². The van der Waals surface area contributed by atoms with Crippen molar-refractivity contribution in [3.05, 3.63) is 0 Å². The molecule has 0 aromatic carbocycles. The molecular weight excluding hydrogens is 160 g/mol. The summed E-state index contributed by atoms with van der Waals surface area (Å²) in [6.45, 7) is 5.89. The molecule has 0 aromatic rings. The zero-order valence-electron chi connectivity index (χ0n) is 8.93. The summed E-state index contributed by atoms with van der Waals surface area (Å²) in [6, 6.07) is 0.408. The second kappa shape index (κ2) is 4.54. The molecule has 0 radical (unpaired) electrons. The van der Waals surface area contributed by atoms with Crippen molar-refractivity contribution in [3.8, 4) is 0 Å². The van der Waals surface area contributed by atoms with Gasteiger partial charge in [0, 0.05) is 11.8 Å². The zero-order chi connectivity index (χ0) is 9.84. The van der Waals surface area contributed by atoms with E-state index in [1.54, 1.807) is 6.92 Å². The average molecular weight is 180 g/mol. The summed E-state index contributed by atoms with van der Waals surface area (Å²) in [4.78, 5) is 4.49. The first-order valence-corrected chi connectivity index (χ1v) is 5.19. The van der Waals surface area contributed by atoms with Crippen LogP contribution < -0.4 is 0 Å². The minimum absolute atomic E-state index is 0.408. The molecule has 1 atom stereocenters. The van der Waals surface area contributed by atoms with Crippen molar-refractivity contribution in [1.82, 2.24) is 0 Å². The molecule has 0 heterocycles. The van der Waals surface area contributed by atoms with Crippen LogP contribution in [0.15, 0.2) is 4.99 Å². The van der Waals surface area contributed by atoms with Crippen LogP contribution in [-0.4, -0.2) is 17.5 Å². The standard InChI is InChI=1S/C11H20N2/c1-8(7-11-5-4-6-11)13-10(3)9(2)12/h8,11-12H,4-7H2,1-3H3/b12-9?,13-10-. The molecule has 0 spiro atoms. The van der Waals surface area contributed by atoms with E-state index in [1.165, 1.54) is 25.7 Å². The van der Waals surface area contributed by atoms with Crippen LogP contribution >= 0.6 is 0 Å². The summed E-state index contributed by atoms with van der Waals surface area (Å²) in [6.07, 6.45) is 5.40. The molecule has 1 saturated carbocycles. The van der Waals surface area contributed by atoms with Gasteiger partial charge in [0.15, 0.2) is 0 Å². The highest BCUT2D eigenvalue weighted by Crippen LogP contribution is 2.31. The monoisotopic (exact) mass is 180 g/mol. The summed E-state index contributed by atoms with van der Waals surface area (Å²) in [5.74, 6) is 0.914. The topological polar surface area (TPSA) is 36.2 Å². The second-order valence-electron chi connectivity index (χ2n) is 4.22. The Morgan fingerprint density at radius 3 is 2.46 bits per heavy atom. The Bertz CT molecular complexity index is 214. The Hall–Kier alpha value is -0.660. The fourth-order valence-corrected chi connectivity index (χ4v) is 1.69. The van der Waals surface area contributed by atoms with Gasteiger partial charge in [-0.25, -0.2) is 0 Å². The van der Waals surface area contributed by atoms with Crippen LogP contribution in [0.25, 0.3) is 0 Å². The average Bonchev–Trinajstić information content (AvgIpc) is 1.96. The summed E-state index contributed by atoms with van der Waals surface area (Å²) in [5.41, 5.74) is 1.49. The molecule has 2 nitrogen and oxygen atoms in total. The molecule has 1 rings (SSSR count). The maximum atomic E-state index is 7.40. The van der Waals surface area contributed by atoms with Crippen LogP contribution in [-0.2, 0) is 0 Å². The van der Waals surface area contributed by atoms with Crippen molar-refractivity contribution in [3.63, 3.8) is 0 Å². The number of nitrogens with one attached hydrogen (secondary N) is 1. The number of nitrogens with zero attached hydrogens (tertiary/aromatic N) is 1. The minimum atomic E-state index is 0.408. The van der Waals surface area contributed by atoms with Gasteiger partial charge in [-0.15, -0.1) is 0 Å². The maximum Gasteiger partial charge on any atom is 0.0525 e. The number of hydrogen-bond acceptors (Lipinski definition) is 2. The van der Waals surface area contributed by atoms with E-state index in [2.05, 4.69) is 11.9 Å². The lowest BCUT2D eigenvalue weighted by Crippen LogP contribution is -2.18. The summed E-state index contributed by atoms with van der Waals surface area (Å²) >= 11 is 0. The highest BCUT2D eigenvalue weighted by molar-refractivity contribution is 6.39. The molecule has 0 saturated heterocycles. The molecule has 2 heteroatoms. The number of hydrogen-bond donors (Lipinski definition) is 1. The third-order valence-electron chi connectivity index (χ3n) is 2.86. The van der Waals surface area contributed by atoms with Crippen molar-refractivity contribution in [2.45, 2.75) is 52.5 Å². The van der Waals surface area contributed by atoms with Gasteiger partial charge in [-0.1, -0.05) is 19.3 Å². The first-order valence-electron chi connectivity index (χ1n) is 5.19. The molecule has 74 valence electrons. The zero-order valence-corrected chi connectivity index (χ0v) is 8.93. The van der Waals surface area contributed by atoms with Crippen molar-refractivity contribution in [1.29, 1.82) is 5.41 Å². The lowest BCUT2D eigenvalue weighted by Gasteiger charge is -2.26. The third-order valence-corrected chi connectivity index (χ3v) is 2.86. The van der Waals surface area contributed by atoms with Crippen molar-refractivity contribution in [2.24, 2.45) is 10.9 Å². The number of aliphatic imine (C=N–C) groups is 1. The van der Waals surface area contributed by atoms with Gasteiger partial charge < -0.3 is 5.41 Å². The van der Waals surface area contributed by atoms with E-state index in [0.717, 1.165) is 11.6 Å². The summed E-state index contributed by atoms with van der Waals surface area (Å²) in [7, 11) is 0. The molecule has 1 aliphatic rings. The predicted octanol–water partition coefficient (Wildman–Crippen LogP) is 3.07. The summed E-state index contributed by atoms with van der Waals surface area (Å²) in [5, 5.41) is 7.40. The van der Waals surface area contributed by atoms with E-state index in [0.29, 0.717) is 11.8 Å². The van der Waals surface area contributed by atoms with E-state index in [-0.39, 0.29) is 0 Å². The Balaban J connectivity index is 2.33. The smallest absolute Gasteiger partial charge is 0.0525 e. The fraction of sp³-hybridized carbons (Fsp3) is 0.818. The van der Waals surface area contributed by atoms with Gasteiger partial charge in [-0.05, 0) is 33.1 Å². The Morgan fingerprint density at radius 2 is 2.08 bits per heavy atom. The van der Waals surface area contributed by atoms with Gasteiger partial charge in [0.1, 0.15) is 0 Å². The van der Waals surface area contributed by atoms with Crippen LogP contribution in [0.5, 0.6) is 0 Å². The molecule has 0 bridgehead atoms. The van der Waals surface area contributed by atoms with Gasteiger partial charge in [-0.2, -0.15) is 0 Å². The quantitative estimate of drug-likeness (QED) is 0.645. The third kappa shape index (κ3) is 3.29. The minimum Gasteiger partial charge on any atom is -0.304 e. The molecule has 0 amide bonds. The van der Waals surface area contributed by atoms with Crippen LogP contribution in [0.4, 0.5) is 0 Å². The van der Waals surface area contributed by atoms with E-state index >= 15 is 0 Å². The van der Waals surface area contributed by atoms with E-state index in [9.17, 15) is 0 Å². The van der Waals surface area contributed by atoms with Crippen molar-refractivity contribution >= 4 is 11.4 Å².